The van der Waals surface area contributed by atoms with Crippen LogP contribution in [-0.2, 0) is 16.1 Å². The maximum absolute atomic E-state index is 11.7. The molecule has 0 aliphatic heterocycles. The predicted molar refractivity (Wildman–Crippen MR) is 74.0 cm³/mol. The van der Waals surface area contributed by atoms with Crippen LogP contribution in [0.4, 0.5) is 0 Å². The lowest BCUT2D eigenvalue weighted by Crippen LogP contribution is -2.23. The lowest BCUT2D eigenvalue weighted by molar-refractivity contribution is -0.140. The number of rotatable bonds is 9. The van der Waals surface area contributed by atoms with E-state index in [0.29, 0.717) is 24.3 Å². The lowest BCUT2D eigenvalue weighted by atomic mass is 10.1. The summed E-state index contributed by atoms with van der Waals surface area (Å²) in [6.45, 7) is 0.896. The van der Waals surface area contributed by atoms with Crippen LogP contribution < -0.4 is 11.1 Å². The summed E-state index contributed by atoms with van der Waals surface area (Å²) in [6, 6.07) is 1.64. The zero-order valence-corrected chi connectivity index (χ0v) is 11.8. The summed E-state index contributed by atoms with van der Waals surface area (Å²) in [4.78, 5) is 22.6. The number of hydrogen-bond acceptors (Lipinski definition) is 5. The van der Waals surface area contributed by atoms with Gasteiger partial charge in [-0.2, -0.15) is 0 Å². The Kier molecular flexibility index (Phi) is 7.42. The standard InChI is InChI=1S/C14H22N2O4/c1-19-13(17)6-4-2-3-5-7-16-14(18)11-8-12(9-15)20-10-11/h8,10H,2-7,9,15H2,1H3,(H,16,18). The summed E-state index contributed by atoms with van der Waals surface area (Å²) >= 11 is 0. The summed E-state index contributed by atoms with van der Waals surface area (Å²) < 4.78 is 9.65. The molecule has 0 atom stereocenters. The van der Waals surface area contributed by atoms with Gasteiger partial charge in [0.25, 0.3) is 5.91 Å². The van der Waals surface area contributed by atoms with E-state index in [1.807, 2.05) is 0 Å². The van der Waals surface area contributed by atoms with Gasteiger partial charge in [-0.05, 0) is 18.9 Å². The highest BCUT2D eigenvalue weighted by atomic mass is 16.5. The third-order valence-electron chi connectivity index (χ3n) is 2.94. The Morgan fingerprint density at radius 2 is 2.05 bits per heavy atom. The molecule has 20 heavy (non-hydrogen) atoms. The number of ether oxygens (including phenoxy) is 1. The van der Waals surface area contributed by atoms with Gasteiger partial charge in [0, 0.05) is 13.0 Å². The van der Waals surface area contributed by atoms with Crippen molar-refractivity contribution in [1.29, 1.82) is 0 Å². The minimum atomic E-state index is -0.172. The van der Waals surface area contributed by atoms with Gasteiger partial charge in [0.1, 0.15) is 12.0 Å². The second kappa shape index (κ2) is 9.14. The van der Waals surface area contributed by atoms with Gasteiger partial charge in [0.15, 0.2) is 0 Å². The van der Waals surface area contributed by atoms with Crippen LogP contribution in [0.25, 0.3) is 0 Å². The van der Waals surface area contributed by atoms with Gasteiger partial charge in [0.05, 0.1) is 19.2 Å². The number of nitrogens with one attached hydrogen (secondary N) is 1. The van der Waals surface area contributed by atoms with Crippen molar-refractivity contribution in [1.82, 2.24) is 5.32 Å². The van der Waals surface area contributed by atoms with Crippen molar-refractivity contribution in [3.63, 3.8) is 0 Å². The molecule has 0 radical (unpaired) electrons. The van der Waals surface area contributed by atoms with E-state index >= 15 is 0 Å². The van der Waals surface area contributed by atoms with Crippen LogP contribution in [0.2, 0.25) is 0 Å². The van der Waals surface area contributed by atoms with E-state index in [1.54, 1.807) is 6.07 Å². The molecule has 1 aromatic rings. The average Bonchev–Trinajstić information content (AvgIpc) is 2.94. The number of nitrogens with two attached hydrogens (primary N) is 1. The van der Waals surface area contributed by atoms with Gasteiger partial charge in [-0.25, -0.2) is 0 Å². The molecule has 0 fully saturated rings. The maximum atomic E-state index is 11.7. The largest absolute Gasteiger partial charge is 0.469 e. The summed E-state index contributed by atoms with van der Waals surface area (Å²) in [5.41, 5.74) is 5.90. The second-order valence-electron chi connectivity index (χ2n) is 4.50. The highest BCUT2D eigenvalue weighted by Crippen LogP contribution is 2.07. The van der Waals surface area contributed by atoms with Gasteiger partial charge in [-0.1, -0.05) is 12.8 Å². The topological polar surface area (TPSA) is 94.6 Å². The van der Waals surface area contributed by atoms with Gasteiger partial charge in [0.2, 0.25) is 0 Å². The first-order chi connectivity index (χ1) is 9.67. The average molecular weight is 282 g/mol. The van der Waals surface area contributed by atoms with Crippen molar-refractivity contribution in [3.05, 3.63) is 23.7 Å². The van der Waals surface area contributed by atoms with Gasteiger partial charge in [-0.15, -0.1) is 0 Å². The van der Waals surface area contributed by atoms with Crippen LogP contribution >= 0.6 is 0 Å². The zero-order chi connectivity index (χ0) is 14.8. The highest BCUT2D eigenvalue weighted by molar-refractivity contribution is 5.93. The fourth-order valence-corrected chi connectivity index (χ4v) is 1.76. The van der Waals surface area contributed by atoms with Crippen LogP contribution in [0.1, 0.15) is 48.2 Å². The van der Waals surface area contributed by atoms with Crippen molar-refractivity contribution >= 4 is 11.9 Å². The summed E-state index contributed by atoms with van der Waals surface area (Å²) in [5.74, 6) is 0.273. The molecule has 0 unspecified atom stereocenters. The highest BCUT2D eigenvalue weighted by Gasteiger charge is 2.08. The quantitative estimate of drug-likeness (QED) is 0.530. The SMILES string of the molecule is COC(=O)CCCCCCNC(=O)c1coc(CN)c1. The predicted octanol–water partition coefficient (Wildman–Crippen LogP) is 1.59. The number of methoxy groups -OCH3 is 1. The molecule has 0 aromatic carbocycles. The molecule has 0 aliphatic carbocycles. The van der Waals surface area contributed by atoms with Crippen LogP contribution in [0.5, 0.6) is 0 Å². The number of esters is 1. The van der Waals surface area contributed by atoms with E-state index in [4.69, 9.17) is 10.2 Å². The zero-order valence-electron chi connectivity index (χ0n) is 11.8. The summed E-state index contributed by atoms with van der Waals surface area (Å²) in [6.07, 6.45) is 5.50. The Hall–Kier alpha value is -1.82. The van der Waals surface area contributed by atoms with Gasteiger partial charge in [-0.3, -0.25) is 9.59 Å². The number of carbonyl (C=O) groups excluding carboxylic acids is 2. The second-order valence-corrected chi connectivity index (χ2v) is 4.50. The number of amides is 1. The van der Waals surface area contributed by atoms with Gasteiger partial charge >= 0.3 is 5.97 Å². The molecule has 0 saturated carbocycles. The van der Waals surface area contributed by atoms with Crippen LogP contribution in [0.15, 0.2) is 16.7 Å². The fourth-order valence-electron chi connectivity index (χ4n) is 1.76. The molecular formula is C14H22N2O4. The summed E-state index contributed by atoms with van der Waals surface area (Å²) in [5, 5.41) is 2.82. The molecule has 1 rings (SSSR count). The van der Waals surface area contributed by atoms with E-state index in [-0.39, 0.29) is 18.4 Å². The van der Waals surface area contributed by atoms with Crippen LogP contribution in [0, 0.1) is 0 Å². The Morgan fingerprint density at radius 3 is 2.70 bits per heavy atom. The number of hydrogen-bond donors (Lipinski definition) is 2. The number of unbranched alkanes of at least 4 members (excludes halogenated alkanes) is 3. The Bertz CT molecular complexity index is 429. The Labute approximate surface area is 118 Å². The number of carbonyl (C=O) groups is 2. The van der Waals surface area contributed by atoms with Crippen molar-refractivity contribution in [2.75, 3.05) is 13.7 Å². The molecular weight excluding hydrogens is 260 g/mol. The summed E-state index contributed by atoms with van der Waals surface area (Å²) in [7, 11) is 1.39. The monoisotopic (exact) mass is 282 g/mol. The molecule has 1 aromatic heterocycles. The normalized spacial score (nSPS) is 10.3. The van der Waals surface area contributed by atoms with Crippen molar-refractivity contribution in [3.8, 4) is 0 Å². The van der Waals surface area contributed by atoms with Gasteiger partial charge < -0.3 is 20.2 Å². The number of furan rings is 1. The van der Waals surface area contributed by atoms with E-state index in [1.165, 1.54) is 13.4 Å². The van der Waals surface area contributed by atoms with E-state index in [9.17, 15) is 9.59 Å². The minimum Gasteiger partial charge on any atom is -0.469 e. The van der Waals surface area contributed by atoms with E-state index < -0.39 is 0 Å². The third kappa shape index (κ3) is 5.88. The lowest BCUT2D eigenvalue weighted by Gasteiger charge is -2.03. The molecule has 0 spiro atoms. The molecule has 0 saturated heterocycles. The van der Waals surface area contributed by atoms with Crippen molar-refractivity contribution < 1.29 is 18.7 Å². The molecule has 6 nitrogen and oxygen atoms in total. The van der Waals surface area contributed by atoms with Crippen molar-refractivity contribution in [2.24, 2.45) is 5.73 Å². The Balaban J connectivity index is 2.06. The van der Waals surface area contributed by atoms with Crippen molar-refractivity contribution in [2.45, 2.75) is 38.6 Å². The minimum absolute atomic E-state index is 0.150. The van der Waals surface area contributed by atoms with E-state index in [0.717, 1.165) is 25.7 Å². The molecule has 3 N–H and O–H groups in total. The Morgan fingerprint density at radius 1 is 1.30 bits per heavy atom. The molecule has 6 heteroatoms. The van der Waals surface area contributed by atoms with Crippen LogP contribution in [0.3, 0.4) is 0 Å². The molecule has 0 aliphatic rings. The first-order valence-corrected chi connectivity index (χ1v) is 6.80. The molecule has 1 amide bonds. The first-order valence-electron chi connectivity index (χ1n) is 6.80. The smallest absolute Gasteiger partial charge is 0.305 e. The third-order valence-corrected chi connectivity index (χ3v) is 2.94. The first kappa shape index (κ1) is 16.2. The molecule has 112 valence electrons. The maximum Gasteiger partial charge on any atom is 0.305 e. The fraction of sp³-hybridized carbons (Fsp3) is 0.571. The molecule has 1 heterocycles. The van der Waals surface area contributed by atoms with E-state index in [2.05, 4.69) is 10.1 Å². The molecule has 0 bridgehead atoms. The van der Waals surface area contributed by atoms with Crippen LogP contribution in [-0.4, -0.2) is 25.5 Å².